The highest BCUT2D eigenvalue weighted by Gasteiger charge is 2.27. The molecule has 1 amide bonds. The van der Waals surface area contributed by atoms with Gasteiger partial charge < -0.3 is 10.6 Å². The Morgan fingerprint density at radius 1 is 1.41 bits per heavy atom. The van der Waals surface area contributed by atoms with Gasteiger partial charge in [-0.05, 0) is 43.5 Å². The fraction of sp³-hybridized carbons (Fsp3) is 0.588. The summed E-state index contributed by atoms with van der Waals surface area (Å²) in [5.41, 5.74) is 9.01. The van der Waals surface area contributed by atoms with E-state index < -0.39 is 0 Å². The molecule has 4 nitrogen and oxygen atoms in total. The second-order valence-corrected chi connectivity index (χ2v) is 6.64. The number of carbonyl (C=O) groups is 1. The third-order valence-corrected chi connectivity index (χ3v) is 4.63. The van der Waals surface area contributed by atoms with Crippen molar-refractivity contribution in [2.45, 2.75) is 46.2 Å². The van der Waals surface area contributed by atoms with Gasteiger partial charge in [0.1, 0.15) is 0 Å². The summed E-state index contributed by atoms with van der Waals surface area (Å²) < 4.78 is 0. The monoisotopic (exact) mass is 323 g/mol. The first-order valence-corrected chi connectivity index (χ1v) is 8.36. The minimum absolute atomic E-state index is 0.254. The molecule has 1 aromatic rings. The molecule has 0 radical (unpaired) electrons. The number of amides is 1. The molecule has 2 rings (SSSR count). The number of carbonyl (C=O) groups excluding carboxylic acids is 1. The summed E-state index contributed by atoms with van der Waals surface area (Å²) in [6.07, 6.45) is 1.56. The highest BCUT2D eigenvalue weighted by Crippen LogP contribution is 2.24. The van der Waals surface area contributed by atoms with Crippen molar-refractivity contribution in [2.75, 3.05) is 25.4 Å². The summed E-state index contributed by atoms with van der Waals surface area (Å²) in [6.45, 7) is 9.62. The first-order valence-electron chi connectivity index (χ1n) is 7.98. The van der Waals surface area contributed by atoms with E-state index in [1.165, 1.54) is 5.56 Å². The quantitative estimate of drug-likeness (QED) is 0.866. The molecule has 0 aromatic heterocycles. The van der Waals surface area contributed by atoms with Crippen LogP contribution in [-0.2, 0) is 11.3 Å². The van der Waals surface area contributed by atoms with Crippen molar-refractivity contribution >= 4 is 23.2 Å². The van der Waals surface area contributed by atoms with E-state index >= 15 is 0 Å². The van der Waals surface area contributed by atoms with Gasteiger partial charge in [0.05, 0.1) is 0 Å². The molecule has 2 N–H and O–H groups in total. The molecule has 0 spiro atoms. The molecule has 1 heterocycles. The molecule has 0 aliphatic carbocycles. The molecular weight excluding hydrogens is 298 g/mol. The van der Waals surface area contributed by atoms with E-state index in [1.54, 1.807) is 6.07 Å². The first kappa shape index (κ1) is 17.1. The molecule has 1 saturated heterocycles. The van der Waals surface area contributed by atoms with Crippen molar-refractivity contribution in [3.63, 3.8) is 0 Å². The normalized spacial score (nSPS) is 19.5. The molecule has 22 heavy (non-hydrogen) atoms. The predicted octanol–water partition coefficient (Wildman–Crippen LogP) is 3.06. The minimum atomic E-state index is 0.254. The molecule has 1 aromatic carbocycles. The Morgan fingerprint density at radius 2 is 2.14 bits per heavy atom. The molecule has 122 valence electrons. The van der Waals surface area contributed by atoms with Gasteiger partial charge >= 0.3 is 0 Å². The van der Waals surface area contributed by atoms with Crippen molar-refractivity contribution < 1.29 is 4.79 Å². The summed E-state index contributed by atoms with van der Waals surface area (Å²) >= 11 is 6.12. The number of nitrogens with two attached hydrogens (primary N) is 1. The van der Waals surface area contributed by atoms with Crippen molar-refractivity contribution in [1.82, 2.24) is 9.80 Å². The second-order valence-electron chi connectivity index (χ2n) is 6.20. The van der Waals surface area contributed by atoms with Crippen molar-refractivity contribution in [3.05, 3.63) is 28.3 Å². The molecule has 1 fully saturated rings. The number of anilines is 1. The van der Waals surface area contributed by atoms with Crippen molar-refractivity contribution in [2.24, 2.45) is 0 Å². The van der Waals surface area contributed by atoms with Crippen LogP contribution in [0.3, 0.4) is 0 Å². The maximum Gasteiger partial charge on any atom is 0.222 e. The van der Waals surface area contributed by atoms with E-state index in [0.29, 0.717) is 11.4 Å². The summed E-state index contributed by atoms with van der Waals surface area (Å²) in [4.78, 5) is 16.5. The third-order valence-electron chi connectivity index (χ3n) is 4.41. The van der Waals surface area contributed by atoms with E-state index in [1.807, 2.05) is 24.8 Å². The molecule has 1 aliphatic heterocycles. The van der Waals surface area contributed by atoms with Gasteiger partial charge in [0.15, 0.2) is 0 Å². The zero-order valence-electron chi connectivity index (χ0n) is 13.7. The lowest BCUT2D eigenvalue weighted by molar-refractivity contribution is -0.135. The number of benzene rings is 1. The lowest BCUT2D eigenvalue weighted by Crippen LogP contribution is -2.53. The van der Waals surface area contributed by atoms with Crippen molar-refractivity contribution in [3.8, 4) is 0 Å². The number of piperazine rings is 1. The predicted molar refractivity (Wildman–Crippen MR) is 92.0 cm³/mol. The van der Waals surface area contributed by atoms with Gasteiger partial charge in [-0.3, -0.25) is 9.69 Å². The number of hydrogen-bond acceptors (Lipinski definition) is 3. The smallest absolute Gasteiger partial charge is 0.222 e. The summed E-state index contributed by atoms with van der Waals surface area (Å²) in [5.74, 6) is 0.276. The number of nitrogen functional groups attached to an aromatic ring is 1. The Morgan fingerprint density at radius 3 is 2.77 bits per heavy atom. The van der Waals surface area contributed by atoms with E-state index in [9.17, 15) is 4.79 Å². The van der Waals surface area contributed by atoms with Crippen LogP contribution in [0.4, 0.5) is 5.69 Å². The third kappa shape index (κ3) is 3.93. The van der Waals surface area contributed by atoms with E-state index in [0.717, 1.165) is 43.9 Å². The van der Waals surface area contributed by atoms with Gasteiger partial charge in [0.25, 0.3) is 0 Å². The van der Waals surface area contributed by atoms with Crippen LogP contribution in [0, 0.1) is 6.92 Å². The van der Waals surface area contributed by atoms with Gasteiger partial charge in [-0.2, -0.15) is 0 Å². The molecule has 1 unspecified atom stereocenters. The molecule has 0 saturated carbocycles. The van der Waals surface area contributed by atoms with Crippen LogP contribution >= 0.6 is 11.6 Å². The van der Waals surface area contributed by atoms with Crippen LogP contribution in [0.2, 0.25) is 5.02 Å². The average molecular weight is 324 g/mol. The Kier molecular flexibility index (Phi) is 5.70. The van der Waals surface area contributed by atoms with E-state index in [2.05, 4.69) is 11.8 Å². The SMILES string of the molecule is CCCC(=O)N1CCN(Cc2cc(Cl)cc(N)c2C)CC1C. The Labute approximate surface area is 138 Å². The Bertz CT molecular complexity index is 547. The fourth-order valence-corrected chi connectivity index (χ4v) is 3.32. The molecular formula is C17H26ClN3O. The van der Waals surface area contributed by atoms with E-state index in [4.69, 9.17) is 17.3 Å². The zero-order valence-corrected chi connectivity index (χ0v) is 14.5. The maximum atomic E-state index is 12.1. The van der Waals surface area contributed by atoms with Crippen LogP contribution in [0.15, 0.2) is 12.1 Å². The topological polar surface area (TPSA) is 49.6 Å². The van der Waals surface area contributed by atoms with E-state index in [-0.39, 0.29) is 11.9 Å². The van der Waals surface area contributed by atoms with Crippen LogP contribution in [0.1, 0.15) is 37.8 Å². The number of rotatable bonds is 4. The van der Waals surface area contributed by atoms with Crippen LogP contribution in [-0.4, -0.2) is 41.4 Å². The highest BCUT2D eigenvalue weighted by molar-refractivity contribution is 6.31. The second kappa shape index (κ2) is 7.34. The largest absolute Gasteiger partial charge is 0.398 e. The summed E-state index contributed by atoms with van der Waals surface area (Å²) in [7, 11) is 0. The Balaban J connectivity index is 2.01. The van der Waals surface area contributed by atoms with Gasteiger partial charge in [-0.25, -0.2) is 0 Å². The van der Waals surface area contributed by atoms with Crippen LogP contribution < -0.4 is 5.73 Å². The van der Waals surface area contributed by atoms with Crippen LogP contribution in [0.5, 0.6) is 0 Å². The van der Waals surface area contributed by atoms with Gasteiger partial charge in [0.2, 0.25) is 5.91 Å². The zero-order chi connectivity index (χ0) is 16.3. The van der Waals surface area contributed by atoms with Gasteiger partial charge in [-0.15, -0.1) is 0 Å². The lowest BCUT2D eigenvalue weighted by Gasteiger charge is -2.40. The summed E-state index contributed by atoms with van der Waals surface area (Å²) in [6, 6.07) is 4.04. The number of nitrogens with zero attached hydrogens (tertiary/aromatic N) is 2. The fourth-order valence-electron chi connectivity index (χ4n) is 3.07. The molecule has 1 aliphatic rings. The standard InChI is InChI=1S/C17H26ClN3O/c1-4-5-17(22)21-7-6-20(10-12(21)2)11-14-8-15(18)9-16(19)13(14)3/h8-9,12H,4-7,10-11,19H2,1-3H3. The van der Waals surface area contributed by atoms with Crippen molar-refractivity contribution in [1.29, 1.82) is 0 Å². The molecule has 0 bridgehead atoms. The number of halogens is 1. The minimum Gasteiger partial charge on any atom is -0.398 e. The maximum absolute atomic E-state index is 12.1. The highest BCUT2D eigenvalue weighted by atomic mass is 35.5. The number of hydrogen-bond donors (Lipinski definition) is 1. The summed E-state index contributed by atoms with van der Waals surface area (Å²) in [5, 5.41) is 0.683. The van der Waals surface area contributed by atoms with Gasteiger partial charge in [0, 0.05) is 49.4 Å². The Hall–Kier alpha value is -1.26. The molecule has 5 heteroatoms. The van der Waals surface area contributed by atoms with Crippen LogP contribution in [0.25, 0.3) is 0 Å². The lowest BCUT2D eigenvalue weighted by atomic mass is 10.0. The molecule has 1 atom stereocenters. The van der Waals surface area contributed by atoms with Gasteiger partial charge in [-0.1, -0.05) is 18.5 Å². The average Bonchev–Trinajstić information content (AvgIpc) is 2.44. The first-order chi connectivity index (χ1) is 10.4.